The highest BCUT2D eigenvalue weighted by Crippen LogP contribution is 2.30. The summed E-state index contributed by atoms with van der Waals surface area (Å²) in [5.41, 5.74) is 1.86. The first-order valence-corrected chi connectivity index (χ1v) is 7.09. The van der Waals surface area contributed by atoms with E-state index in [4.69, 9.17) is 11.6 Å². The van der Waals surface area contributed by atoms with Gasteiger partial charge in [0.15, 0.2) is 0 Å². The zero-order valence-corrected chi connectivity index (χ0v) is 12.6. The molecule has 2 aromatic rings. The lowest BCUT2D eigenvalue weighted by Crippen LogP contribution is -1.96. The predicted molar refractivity (Wildman–Crippen MR) is 79.9 cm³/mol. The standard InChI is InChI=1S/C14H10BrClFNO2/c15-12(10-3-6-14(17)13(16)8-10)7-9-1-4-11(5-2-9)18(19)20/h1-6,8,12H,7H2. The Balaban J connectivity index is 2.12. The molecule has 0 aliphatic rings. The maximum Gasteiger partial charge on any atom is 0.269 e. The first kappa shape index (κ1) is 14.9. The summed E-state index contributed by atoms with van der Waals surface area (Å²) in [6.45, 7) is 0. The van der Waals surface area contributed by atoms with E-state index in [1.54, 1.807) is 24.3 Å². The molecule has 1 unspecified atom stereocenters. The summed E-state index contributed by atoms with van der Waals surface area (Å²) in [4.78, 5) is 10.1. The molecule has 20 heavy (non-hydrogen) atoms. The molecule has 6 heteroatoms. The average Bonchev–Trinajstić information content (AvgIpc) is 2.42. The van der Waals surface area contributed by atoms with Crippen molar-refractivity contribution in [2.24, 2.45) is 0 Å². The number of non-ortho nitro benzene ring substituents is 1. The van der Waals surface area contributed by atoms with Gasteiger partial charge in [0.05, 0.1) is 9.95 Å². The molecule has 0 fully saturated rings. The molecule has 3 nitrogen and oxygen atoms in total. The highest BCUT2D eigenvalue weighted by atomic mass is 79.9. The third-order valence-electron chi connectivity index (χ3n) is 2.87. The Kier molecular flexibility index (Phi) is 4.73. The van der Waals surface area contributed by atoms with Crippen LogP contribution in [0.25, 0.3) is 0 Å². The van der Waals surface area contributed by atoms with Gasteiger partial charge in [0.2, 0.25) is 0 Å². The van der Waals surface area contributed by atoms with Gasteiger partial charge >= 0.3 is 0 Å². The van der Waals surface area contributed by atoms with E-state index in [2.05, 4.69) is 15.9 Å². The maximum atomic E-state index is 13.1. The van der Waals surface area contributed by atoms with Crippen molar-refractivity contribution in [3.05, 3.63) is 74.5 Å². The van der Waals surface area contributed by atoms with Gasteiger partial charge < -0.3 is 0 Å². The Morgan fingerprint density at radius 1 is 1.25 bits per heavy atom. The van der Waals surface area contributed by atoms with Crippen molar-refractivity contribution in [3.8, 4) is 0 Å². The summed E-state index contributed by atoms with van der Waals surface area (Å²) in [6, 6.07) is 10.9. The van der Waals surface area contributed by atoms with Crippen LogP contribution in [0.15, 0.2) is 42.5 Å². The second kappa shape index (κ2) is 6.33. The summed E-state index contributed by atoms with van der Waals surface area (Å²) in [5.74, 6) is -0.453. The van der Waals surface area contributed by atoms with Gasteiger partial charge in [0.1, 0.15) is 5.82 Å². The van der Waals surface area contributed by atoms with Gasteiger partial charge in [-0.15, -0.1) is 0 Å². The van der Waals surface area contributed by atoms with Crippen LogP contribution >= 0.6 is 27.5 Å². The number of hydrogen-bond donors (Lipinski definition) is 0. The van der Waals surface area contributed by atoms with Crippen LogP contribution in [0.1, 0.15) is 16.0 Å². The molecular formula is C14H10BrClFNO2. The van der Waals surface area contributed by atoms with Gasteiger partial charge in [-0.25, -0.2) is 4.39 Å². The van der Waals surface area contributed by atoms with E-state index in [9.17, 15) is 14.5 Å². The third-order valence-corrected chi connectivity index (χ3v) is 4.01. The Morgan fingerprint density at radius 2 is 1.90 bits per heavy atom. The number of nitrogens with zero attached hydrogens (tertiary/aromatic N) is 1. The minimum atomic E-state index is -0.453. The monoisotopic (exact) mass is 357 g/mol. The zero-order valence-electron chi connectivity index (χ0n) is 10.2. The fourth-order valence-corrected chi connectivity index (χ4v) is 2.63. The second-order valence-corrected chi connectivity index (χ2v) is 5.78. The van der Waals surface area contributed by atoms with Crippen molar-refractivity contribution in [2.45, 2.75) is 11.2 Å². The van der Waals surface area contributed by atoms with Crippen molar-refractivity contribution in [1.82, 2.24) is 0 Å². The minimum absolute atomic E-state index is 0.0398. The summed E-state index contributed by atoms with van der Waals surface area (Å²) in [5, 5.41) is 10.7. The van der Waals surface area contributed by atoms with Gasteiger partial charge in [0.25, 0.3) is 5.69 Å². The molecule has 0 N–H and O–H groups in total. The molecule has 0 aliphatic heterocycles. The number of benzene rings is 2. The minimum Gasteiger partial charge on any atom is -0.258 e. The van der Waals surface area contributed by atoms with Gasteiger partial charge in [-0.05, 0) is 29.7 Å². The average molecular weight is 359 g/mol. The highest BCUT2D eigenvalue weighted by molar-refractivity contribution is 9.09. The fraction of sp³-hybridized carbons (Fsp3) is 0.143. The number of nitro benzene ring substituents is 1. The van der Waals surface area contributed by atoms with Crippen molar-refractivity contribution in [1.29, 1.82) is 0 Å². The Hall–Kier alpha value is -1.46. The van der Waals surface area contributed by atoms with E-state index in [1.807, 2.05) is 0 Å². The topological polar surface area (TPSA) is 43.1 Å². The van der Waals surface area contributed by atoms with Gasteiger partial charge in [0, 0.05) is 17.0 Å². The lowest BCUT2D eigenvalue weighted by atomic mass is 10.0. The number of nitro groups is 1. The summed E-state index contributed by atoms with van der Waals surface area (Å²) in [6.07, 6.45) is 0.625. The molecule has 0 saturated carbocycles. The third kappa shape index (κ3) is 3.55. The number of halogens is 3. The van der Waals surface area contributed by atoms with E-state index in [0.717, 1.165) is 11.1 Å². The van der Waals surface area contributed by atoms with Crippen LogP contribution in [0.4, 0.5) is 10.1 Å². The van der Waals surface area contributed by atoms with Crippen molar-refractivity contribution in [2.75, 3.05) is 0 Å². The molecule has 2 aromatic carbocycles. The van der Waals surface area contributed by atoms with Crippen LogP contribution in [0, 0.1) is 15.9 Å². The summed E-state index contributed by atoms with van der Waals surface area (Å²) < 4.78 is 13.1. The molecule has 0 saturated heterocycles. The van der Waals surface area contributed by atoms with E-state index < -0.39 is 10.7 Å². The smallest absolute Gasteiger partial charge is 0.258 e. The first-order valence-electron chi connectivity index (χ1n) is 5.79. The molecular weight excluding hydrogens is 349 g/mol. The number of rotatable bonds is 4. The number of hydrogen-bond acceptors (Lipinski definition) is 2. The van der Waals surface area contributed by atoms with Crippen LogP contribution in [0.3, 0.4) is 0 Å². The van der Waals surface area contributed by atoms with Gasteiger partial charge in [-0.3, -0.25) is 10.1 Å². The van der Waals surface area contributed by atoms with E-state index in [0.29, 0.717) is 6.42 Å². The molecule has 0 amide bonds. The molecule has 0 bridgehead atoms. The second-order valence-electron chi connectivity index (χ2n) is 4.27. The summed E-state index contributed by atoms with van der Waals surface area (Å²) in [7, 11) is 0. The molecule has 0 aromatic heterocycles. The zero-order chi connectivity index (χ0) is 14.7. The lowest BCUT2D eigenvalue weighted by Gasteiger charge is -2.11. The van der Waals surface area contributed by atoms with E-state index in [1.165, 1.54) is 18.2 Å². The Bertz CT molecular complexity index is 634. The van der Waals surface area contributed by atoms with Crippen molar-refractivity contribution < 1.29 is 9.31 Å². The van der Waals surface area contributed by atoms with Crippen molar-refractivity contribution in [3.63, 3.8) is 0 Å². The predicted octanol–water partition coefficient (Wildman–Crippen LogP) is 5.07. The molecule has 2 rings (SSSR count). The molecule has 104 valence electrons. The first-order chi connectivity index (χ1) is 9.47. The van der Waals surface area contributed by atoms with Crippen LogP contribution in [-0.2, 0) is 6.42 Å². The molecule has 0 radical (unpaired) electrons. The van der Waals surface area contributed by atoms with Crippen LogP contribution in [-0.4, -0.2) is 4.92 Å². The van der Waals surface area contributed by atoms with Crippen LogP contribution < -0.4 is 0 Å². The van der Waals surface area contributed by atoms with Crippen LogP contribution in [0.2, 0.25) is 5.02 Å². The van der Waals surface area contributed by atoms with E-state index in [-0.39, 0.29) is 15.5 Å². The lowest BCUT2D eigenvalue weighted by molar-refractivity contribution is -0.384. The molecule has 0 heterocycles. The van der Waals surface area contributed by atoms with Gasteiger partial charge in [-0.2, -0.15) is 0 Å². The molecule has 0 spiro atoms. The molecule has 1 atom stereocenters. The Labute approximate surface area is 128 Å². The van der Waals surface area contributed by atoms with E-state index >= 15 is 0 Å². The fourth-order valence-electron chi connectivity index (χ4n) is 1.79. The Morgan fingerprint density at radius 3 is 2.45 bits per heavy atom. The summed E-state index contributed by atoms with van der Waals surface area (Å²) >= 11 is 9.26. The van der Waals surface area contributed by atoms with Crippen molar-refractivity contribution >= 4 is 33.2 Å². The van der Waals surface area contributed by atoms with Gasteiger partial charge in [-0.1, -0.05) is 45.7 Å². The SMILES string of the molecule is O=[N+]([O-])c1ccc(CC(Br)c2ccc(F)c(Cl)c2)cc1. The maximum absolute atomic E-state index is 13.1. The molecule has 0 aliphatic carbocycles. The normalized spacial score (nSPS) is 12.2. The quantitative estimate of drug-likeness (QED) is 0.435. The number of alkyl halides is 1. The van der Waals surface area contributed by atoms with Crippen LogP contribution in [0.5, 0.6) is 0 Å². The highest BCUT2D eigenvalue weighted by Gasteiger charge is 2.12. The largest absolute Gasteiger partial charge is 0.269 e.